The number of nitrogens with zero attached hydrogens (tertiary/aromatic N) is 1. The van der Waals surface area contributed by atoms with Gasteiger partial charge in [-0.05, 0) is 43.6 Å². The highest BCUT2D eigenvalue weighted by Gasteiger charge is 2.42. The summed E-state index contributed by atoms with van der Waals surface area (Å²) in [6, 6.07) is 0.953. The molecule has 2 saturated carbocycles. The van der Waals surface area contributed by atoms with Crippen LogP contribution in [0.5, 0.6) is 0 Å². The Morgan fingerprint density at radius 2 is 2.00 bits per heavy atom. The quantitative estimate of drug-likeness (QED) is 0.644. The van der Waals surface area contributed by atoms with Gasteiger partial charge in [0.05, 0.1) is 0 Å². The lowest BCUT2D eigenvalue weighted by Crippen LogP contribution is -2.46. The standard InChI is InChI=1S/C12H23N/c1-4-13(11-5-6-11)9-12(3)8-7-10(12)2/h10-11H,4-9H2,1-3H3. The van der Waals surface area contributed by atoms with Crippen LogP contribution in [0.4, 0.5) is 0 Å². The van der Waals surface area contributed by atoms with E-state index in [1.54, 1.807) is 0 Å². The monoisotopic (exact) mass is 181 g/mol. The van der Waals surface area contributed by atoms with E-state index in [9.17, 15) is 0 Å². The van der Waals surface area contributed by atoms with Crippen LogP contribution in [-0.4, -0.2) is 24.0 Å². The van der Waals surface area contributed by atoms with Crippen molar-refractivity contribution in [3.8, 4) is 0 Å². The summed E-state index contributed by atoms with van der Waals surface area (Å²) in [6.45, 7) is 9.82. The van der Waals surface area contributed by atoms with Crippen molar-refractivity contribution in [1.82, 2.24) is 4.90 Å². The fraction of sp³-hybridized carbons (Fsp3) is 1.00. The van der Waals surface area contributed by atoms with E-state index in [-0.39, 0.29) is 0 Å². The molecule has 0 aromatic carbocycles. The molecule has 0 radical (unpaired) electrons. The van der Waals surface area contributed by atoms with Crippen LogP contribution in [0.15, 0.2) is 0 Å². The minimum Gasteiger partial charge on any atom is -0.300 e. The molecule has 2 aliphatic rings. The Hall–Kier alpha value is -0.0400. The van der Waals surface area contributed by atoms with Gasteiger partial charge in [-0.1, -0.05) is 20.8 Å². The van der Waals surface area contributed by atoms with Gasteiger partial charge in [0, 0.05) is 12.6 Å². The molecule has 2 rings (SSSR count). The molecule has 1 heteroatoms. The fourth-order valence-electron chi connectivity index (χ4n) is 2.56. The molecule has 0 spiro atoms. The predicted molar refractivity (Wildman–Crippen MR) is 56.8 cm³/mol. The SMILES string of the molecule is CCN(CC1(C)CCC1C)C1CC1. The molecule has 13 heavy (non-hydrogen) atoms. The van der Waals surface area contributed by atoms with Gasteiger partial charge in [0.2, 0.25) is 0 Å². The lowest BCUT2D eigenvalue weighted by molar-refractivity contribution is 0.0190. The van der Waals surface area contributed by atoms with E-state index in [2.05, 4.69) is 25.7 Å². The first-order valence-corrected chi connectivity index (χ1v) is 5.90. The Balaban J connectivity index is 1.87. The zero-order valence-corrected chi connectivity index (χ0v) is 9.34. The molecule has 0 aromatic rings. The number of hydrogen-bond acceptors (Lipinski definition) is 1. The highest BCUT2D eigenvalue weighted by atomic mass is 15.2. The van der Waals surface area contributed by atoms with Crippen LogP contribution in [0, 0.1) is 11.3 Å². The molecule has 2 unspecified atom stereocenters. The largest absolute Gasteiger partial charge is 0.300 e. The van der Waals surface area contributed by atoms with Crippen molar-refractivity contribution in [1.29, 1.82) is 0 Å². The van der Waals surface area contributed by atoms with Crippen molar-refractivity contribution in [2.24, 2.45) is 11.3 Å². The zero-order valence-electron chi connectivity index (χ0n) is 9.34. The highest BCUT2D eigenvalue weighted by Crippen LogP contribution is 2.47. The lowest BCUT2D eigenvalue weighted by Gasteiger charge is -2.48. The second-order valence-corrected chi connectivity index (χ2v) is 5.39. The summed E-state index contributed by atoms with van der Waals surface area (Å²) in [5.74, 6) is 0.959. The first-order chi connectivity index (χ1) is 6.15. The van der Waals surface area contributed by atoms with E-state index in [1.807, 2.05) is 0 Å². The molecular weight excluding hydrogens is 158 g/mol. The second-order valence-electron chi connectivity index (χ2n) is 5.39. The molecule has 1 nitrogen and oxygen atoms in total. The maximum Gasteiger partial charge on any atom is 0.00965 e. The minimum atomic E-state index is 0.651. The summed E-state index contributed by atoms with van der Waals surface area (Å²) in [5.41, 5.74) is 0.651. The Kier molecular flexibility index (Phi) is 2.39. The number of rotatable bonds is 4. The van der Waals surface area contributed by atoms with Gasteiger partial charge in [-0.3, -0.25) is 0 Å². The molecular formula is C12H23N. The molecule has 0 amide bonds. The van der Waals surface area contributed by atoms with Crippen LogP contribution in [0.25, 0.3) is 0 Å². The van der Waals surface area contributed by atoms with E-state index in [0.717, 1.165) is 12.0 Å². The number of hydrogen-bond donors (Lipinski definition) is 0. The maximum absolute atomic E-state index is 2.70. The van der Waals surface area contributed by atoms with Gasteiger partial charge in [0.25, 0.3) is 0 Å². The Morgan fingerprint density at radius 3 is 2.31 bits per heavy atom. The van der Waals surface area contributed by atoms with Crippen molar-refractivity contribution in [2.75, 3.05) is 13.1 Å². The van der Waals surface area contributed by atoms with Crippen molar-refractivity contribution in [2.45, 2.75) is 52.5 Å². The molecule has 0 bridgehead atoms. The summed E-state index contributed by atoms with van der Waals surface area (Å²) in [7, 11) is 0. The van der Waals surface area contributed by atoms with E-state index < -0.39 is 0 Å². The third-order valence-corrected chi connectivity index (χ3v) is 4.37. The first kappa shape index (κ1) is 9.51. The van der Waals surface area contributed by atoms with Crippen molar-refractivity contribution >= 4 is 0 Å². The van der Waals surface area contributed by atoms with Crippen molar-refractivity contribution in [3.05, 3.63) is 0 Å². The predicted octanol–water partition coefficient (Wildman–Crippen LogP) is 2.91. The highest BCUT2D eigenvalue weighted by molar-refractivity contribution is 4.95. The van der Waals surface area contributed by atoms with Crippen LogP contribution < -0.4 is 0 Å². The third-order valence-electron chi connectivity index (χ3n) is 4.37. The molecule has 0 aliphatic heterocycles. The van der Waals surface area contributed by atoms with E-state index in [4.69, 9.17) is 0 Å². The smallest absolute Gasteiger partial charge is 0.00965 e. The summed E-state index contributed by atoms with van der Waals surface area (Å²) >= 11 is 0. The van der Waals surface area contributed by atoms with Gasteiger partial charge in [-0.2, -0.15) is 0 Å². The topological polar surface area (TPSA) is 3.24 Å². The molecule has 2 fully saturated rings. The van der Waals surface area contributed by atoms with Crippen LogP contribution >= 0.6 is 0 Å². The third kappa shape index (κ3) is 1.76. The molecule has 2 aliphatic carbocycles. The van der Waals surface area contributed by atoms with Crippen LogP contribution in [-0.2, 0) is 0 Å². The summed E-state index contributed by atoms with van der Waals surface area (Å²) in [4.78, 5) is 2.70. The average Bonchev–Trinajstić information content (AvgIpc) is 2.94. The molecule has 0 saturated heterocycles. The van der Waals surface area contributed by atoms with Gasteiger partial charge < -0.3 is 4.90 Å². The van der Waals surface area contributed by atoms with Gasteiger partial charge in [-0.25, -0.2) is 0 Å². The van der Waals surface area contributed by atoms with Crippen LogP contribution in [0.3, 0.4) is 0 Å². The van der Waals surface area contributed by atoms with Gasteiger partial charge in [0.1, 0.15) is 0 Å². The lowest BCUT2D eigenvalue weighted by atomic mass is 9.62. The van der Waals surface area contributed by atoms with Gasteiger partial charge in [-0.15, -0.1) is 0 Å². The summed E-state index contributed by atoms with van der Waals surface area (Å²) in [6.07, 6.45) is 5.83. The summed E-state index contributed by atoms with van der Waals surface area (Å²) < 4.78 is 0. The molecule has 0 N–H and O–H groups in total. The molecule has 76 valence electrons. The average molecular weight is 181 g/mol. The first-order valence-electron chi connectivity index (χ1n) is 5.90. The zero-order chi connectivity index (χ0) is 9.47. The Morgan fingerprint density at radius 1 is 1.31 bits per heavy atom. The van der Waals surface area contributed by atoms with E-state index >= 15 is 0 Å². The Labute approximate surface area is 82.5 Å². The normalized spacial score (nSPS) is 39.2. The van der Waals surface area contributed by atoms with E-state index in [1.165, 1.54) is 38.8 Å². The van der Waals surface area contributed by atoms with E-state index in [0.29, 0.717) is 5.41 Å². The van der Waals surface area contributed by atoms with Gasteiger partial charge in [0.15, 0.2) is 0 Å². The van der Waals surface area contributed by atoms with Crippen molar-refractivity contribution in [3.63, 3.8) is 0 Å². The second kappa shape index (κ2) is 3.27. The Bertz CT molecular complexity index is 186. The molecule has 0 aromatic heterocycles. The fourth-order valence-corrected chi connectivity index (χ4v) is 2.56. The van der Waals surface area contributed by atoms with Crippen LogP contribution in [0.2, 0.25) is 0 Å². The minimum absolute atomic E-state index is 0.651. The van der Waals surface area contributed by atoms with Crippen LogP contribution in [0.1, 0.15) is 46.5 Å². The van der Waals surface area contributed by atoms with Gasteiger partial charge >= 0.3 is 0 Å². The summed E-state index contributed by atoms with van der Waals surface area (Å²) in [5, 5.41) is 0. The maximum atomic E-state index is 2.70. The molecule has 2 atom stereocenters. The molecule has 0 heterocycles. The van der Waals surface area contributed by atoms with Crippen molar-refractivity contribution < 1.29 is 0 Å².